The first-order chi connectivity index (χ1) is 28.4. The third-order valence-electron chi connectivity index (χ3n) is 8.94. The Labute approximate surface area is 345 Å². The average Bonchev–Trinajstić information content (AvgIpc) is 3.82. The Balaban J connectivity index is 0.000000181. The largest absolute Gasteiger partial charge is 0.508 e. The maximum Gasteiger partial charge on any atom is 0.418 e. The maximum atomic E-state index is 13.0. The van der Waals surface area contributed by atoms with Crippen LogP contribution in [0.2, 0.25) is 0 Å². The number of carbonyl (C=O) groups is 2. The number of carbonyl (C=O) groups excluding carboxylic acids is 2. The van der Waals surface area contributed by atoms with Crippen molar-refractivity contribution in [2.24, 2.45) is 0 Å². The third-order valence-corrected chi connectivity index (χ3v) is 11.1. The van der Waals surface area contributed by atoms with Gasteiger partial charge in [0, 0.05) is 45.0 Å². The van der Waals surface area contributed by atoms with Gasteiger partial charge < -0.3 is 27.2 Å². The van der Waals surface area contributed by atoms with Gasteiger partial charge in [-0.2, -0.15) is 26.3 Å². The van der Waals surface area contributed by atoms with Crippen molar-refractivity contribution in [1.82, 2.24) is 9.97 Å². The van der Waals surface area contributed by atoms with Gasteiger partial charge in [0.25, 0.3) is 11.8 Å². The molecule has 0 aliphatic heterocycles. The van der Waals surface area contributed by atoms with Crippen LogP contribution >= 0.6 is 22.7 Å². The van der Waals surface area contributed by atoms with E-state index < -0.39 is 46.7 Å². The molecule has 2 aromatic heterocycles. The quantitative estimate of drug-likeness (QED) is 0.0823. The Hall–Kier alpha value is -6.98. The molecule has 60 heavy (non-hydrogen) atoms. The molecule has 0 spiro atoms. The number of aromatic hydroxyl groups is 1. The van der Waals surface area contributed by atoms with Gasteiger partial charge in [-0.3, -0.25) is 9.59 Å². The molecule has 6 aromatic carbocycles. The number of amides is 2. The molecule has 17 heteroatoms. The minimum Gasteiger partial charge on any atom is -0.508 e. The molecule has 0 bridgehead atoms. The third kappa shape index (κ3) is 9.32. The zero-order valence-electron chi connectivity index (χ0n) is 30.9. The lowest BCUT2D eigenvalue weighted by atomic mass is 10.1. The monoisotopic (exact) mass is 856 g/mol. The van der Waals surface area contributed by atoms with Crippen LogP contribution in [0.15, 0.2) is 121 Å². The molecule has 2 heterocycles. The molecule has 8 aromatic rings. The second kappa shape index (κ2) is 16.3. The number of nitrogens with zero attached hydrogens (tertiary/aromatic N) is 2. The van der Waals surface area contributed by atoms with E-state index >= 15 is 0 Å². The van der Waals surface area contributed by atoms with Gasteiger partial charge in [0.2, 0.25) is 0 Å². The lowest BCUT2D eigenvalue weighted by Gasteiger charge is -2.12. The van der Waals surface area contributed by atoms with Crippen molar-refractivity contribution in [1.29, 1.82) is 0 Å². The summed E-state index contributed by atoms with van der Waals surface area (Å²) in [6, 6.07) is 30.9. The molecule has 0 radical (unpaired) electrons. The van der Waals surface area contributed by atoms with Gasteiger partial charge in [-0.1, -0.05) is 6.07 Å². The standard InChI is InChI=1S/C22H16F3N3OS.C21H14F3N3O2S/c1-12-2-9-18-19(10-12)30-21(28-18)13-3-6-15(7-4-13)27-20(29)14-5-8-17(26)16(11-14)22(23,24)25;22-21(23,24)15-9-12(3-7-16(15)25)19(29)26-13-4-1-11(2-5-13)20-27-17-8-6-14(28)10-18(17)30-20/h2-11H,26H2,1H3,(H,27,29);1-10,28H,25H2,(H,26,29). The summed E-state index contributed by atoms with van der Waals surface area (Å²) in [5.74, 6) is -1.17. The number of nitrogen functional groups attached to an aromatic ring is 2. The number of nitrogens with one attached hydrogen (secondary N) is 2. The number of fused-ring (bicyclic) bond motifs is 2. The molecule has 304 valence electrons. The molecule has 0 aliphatic rings. The Morgan fingerprint density at radius 3 is 1.42 bits per heavy atom. The fourth-order valence-corrected chi connectivity index (χ4v) is 7.95. The van der Waals surface area contributed by atoms with Crippen LogP contribution in [-0.2, 0) is 12.4 Å². The summed E-state index contributed by atoms with van der Waals surface area (Å²) < 4.78 is 79.9. The first kappa shape index (κ1) is 41.2. The average molecular weight is 857 g/mol. The van der Waals surface area contributed by atoms with Gasteiger partial charge in [-0.15, -0.1) is 22.7 Å². The van der Waals surface area contributed by atoms with E-state index in [9.17, 15) is 41.0 Å². The van der Waals surface area contributed by atoms with Crippen LogP contribution in [0.1, 0.15) is 37.4 Å². The van der Waals surface area contributed by atoms with E-state index in [2.05, 4.69) is 26.7 Å². The normalized spacial score (nSPS) is 11.6. The molecule has 0 unspecified atom stereocenters. The van der Waals surface area contributed by atoms with E-state index in [-0.39, 0.29) is 16.9 Å². The highest BCUT2D eigenvalue weighted by atomic mass is 32.1. The predicted molar refractivity (Wildman–Crippen MR) is 224 cm³/mol. The summed E-state index contributed by atoms with van der Waals surface area (Å²) in [4.78, 5) is 33.9. The molecular weight excluding hydrogens is 827 g/mol. The Bertz CT molecular complexity index is 2700. The highest BCUT2D eigenvalue weighted by Gasteiger charge is 2.34. The lowest BCUT2D eigenvalue weighted by molar-refractivity contribution is -0.137. The molecule has 2 amide bonds. The zero-order valence-corrected chi connectivity index (χ0v) is 32.6. The molecule has 7 N–H and O–H groups in total. The number of phenols is 1. The van der Waals surface area contributed by atoms with Crippen molar-refractivity contribution in [3.05, 3.63) is 149 Å². The van der Waals surface area contributed by atoms with Gasteiger partial charge in [-0.05, 0) is 128 Å². The summed E-state index contributed by atoms with van der Waals surface area (Å²) in [5.41, 5.74) is 13.0. The lowest BCUT2D eigenvalue weighted by Crippen LogP contribution is -2.15. The van der Waals surface area contributed by atoms with Gasteiger partial charge in [0.05, 0.1) is 31.6 Å². The number of thiazole rings is 2. The number of rotatable bonds is 6. The van der Waals surface area contributed by atoms with Crippen molar-refractivity contribution >= 4 is 77.7 Å². The molecule has 0 fully saturated rings. The number of aryl methyl sites for hydroxylation is 1. The van der Waals surface area contributed by atoms with Crippen molar-refractivity contribution in [3.8, 4) is 26.9 Å². The molecule has 9 nitrogen and oxygen atoms in total. The number of nitrogens with two attached hydrogens (primary N) is 2. The van der Waals surface area contributed by atoms with Crippen molar-refractivity contribution in [2.45, 2.75) is 19.3 Å². The summed E-state index contributed by atoms with van der Waals surface area (Å²) >= 11 is 2.98. The summed E-state index contributed by atoms with van der Waals surface area (Å²) in [5, 5.41) is 16.3. The first-order valence-electron chi connectivity index (χ1n) is 17.6. The summed E-state index contributed by atoms with van der Waals surface area (Å²) in [6.45, 7) is 2.02. The molecule has 0 saturated carbocycles. The van der Waals surface area contributed by atoms with E-state index in [4.69, 9.17) is 11.5 Å². The number of hydrogen-bond acceptors (Lipinski definition) is 9. The number of phenolic OH excluding ortho intramolecular Hbond substituents is 1. The molecule has 8 rings (SSSR count). The van der Waals surface area contributed by atoms with Gasteiger partial charge in [-0.25, -0.2) is 9.97 Å². The van der Waals surface area contributed by atoms with Crippen LogP contribution in [0, 0.1) is 6.92 Å². The van der Waals surface area contributed by atoms with Crippen molar-refractivity contribution in [2.75, 3.05) is 22.1 Å². The smallest absolute Gasteiger partial charge is 0.418 e. The maximum absolute atomic E-state index is 13.0. The number of anilines is 4. The van der Waals surface area contributed by atoms with Crippen LogP contribution in [0.3, 0.4) is 0 Å². The van der Waals surface area contributed by atoms with E-state index in [1.54, 1.807) is 65.9 Å². The van der Waals surface area contributed by atoms with E-state index in [1.165, 1.54) is 23.5 Å². The Morgan fingerprint density at radius 2 is 0.983 bits per heavy atom. The second-order valence-electron chi connectivity index (χ2n) is 13.3. The number of hydrogen-bond donors (Lipinski definition) is 5. The summed E-state index contributed by atoms with van der Waals surface area (Å²) in [6.07, 6.45) is -9.27. The number of halogens is 6. The Kier molecular flexibility index (Phi) is 11.2. The van der Waals surface area contributed by atoms with Crippen LogP contribution in [0.25, 0.3) is 41.6 Å². The predicted octanol–water partition coefficient (Wildman–Crippen LogP) is 11.6. The van der Waals surface area contributed by atoms with Crippen molar-refractivity contribution < 1.29 is 41.0 Å². The topological polar surface area (TPSA) is 156 Å². The SMILES string of the molecule is Cc1ccc2nc(-c3ccc(NC(=O)c4ccc(N)c(C(F)(F)F)c4)cc3)sc2c1.Nc1ccc(C(=O)Nc2ccc(-c3nc4ccc(O)cc4s3)cc2)cc1C(F)(F)F. The van der Waals surface area contributed by atoms with Gasteiger partial charge in [0.1, 0.15) is 15.8 Å². The van der Waals surface area contributed by atoms with Crippen LogP contribution in [-0.4, -0.2) is 26.9 Å². The van der Waals surface area contributed by atoms with E-state index in [0.717, 1.165) is 71.4 Å². The van der Waals surface area contributed by atoms with Crippen molar-refractivity contribution in [3.63, 3.8) is 0 Å². The summed E-state index contributed by atoms with van der Waals surface area (Å²) in [7, 11) is 0. The Morgan fingerprint density at radius 1 is 0.567 bits per heavy atom. The van der Waals surface area contributed by atoms with Crippen LogP contribution in [0.4, 0.5) is 49.1 Å². The molecule has 0 aliphatic carbocycles. The molecule has 0 atom stereocenters. The van der Waals surface area contributed by atoms with E-state index in [0.29, 0.717) is 11.4 Å². The number of alkyl halides is 6. The van der Waals surface area contributed by atoms with Gasteiger partial charge in [0.15, 0.2) is 0 Å². The number of benzene rings is 6. The molecule has 0 saturated heterocycles. The molecular formula is C43H30F6N6O3S2. The first-order valence-corrected chi connectivity index (χ1v) is 19.3. The minimum atomic E-state index is -4.64. The zero-order chi connectivity index (χ0) is 42.9. The fraction of sp³-hybridized carbons (Fsp3) is 0.0698. The minimum absolute atomic E-state index is 0.123. The fourth-order valence-electron chi connectivity index (χ4n) is 5.88. The highest BCUT2D eigenvalue weighted by Crippen LogP contribution is 2.37. The highest BCUT2D eigenvalue weighted by molar-refractivity contribution is 7.22. The van der Waals surface area contributed by atoms with E-state index in [1.807, 2.05) is 31.2 Å². The van der Waals surface area contributed by atoms with Gasteiger partial charge >= 0.3 is 12.4 Å². The number of aromatic nitrogens is 2. The second-order valence-corrected chi connectivity index (χ2v) is 15.4. The van der Waals surface area contributed by atoms with Crippen LogP contribution in [0.5, 0.6) is 5.75 Å². The van der Waals surface area contributed by atoms with Crippen LogP contribution < -0.4 is 22.1 Å².